The zero-order valence-corrected chi connectivity index (χ0v) is 19.9. The maximum atomic E-state index is 13.6. The molecule has 2 aromatic carbocycles. The summed E-state index contributed by atoms with van der Waals surface area (Å²) >= 11 is 0. The number of hydrogen-bond acceptors (Lipinski definition) is 5. The molecule has 1 aliphatic carbocycles. The van der Waals surface area contributed by atoms with Gasteiger partial charge in [0.1, 0.15) is 0 Å². The molecule has 0 heterocycles. The number of benzene rings is 2. The third-order valence-corrected chi connectivity index (χ3v) is 5.10. The van der Waals surface area contributed by atoms with Crippen LogP contribution in [-0.2, 0) is 20.2 Å². The van der Waals surface area contributed by atoms with Gasteiger partial charge in [0.2, 0.25) is 0 Å². The molecule has 0 unspecified atom stereocenters. The normalized spacial score (nSPS) is 13.8. The van der Waals surface area contributed by atoms with Crippen LogP contribution in [0.4, 0.5) is 0 Å². The molecule has 1 aliphatic rings. The maximum absolute atomic E-state index is 13.6. The summed E-state index contributed by atoms with van der Waals surface area (Å²) in [5.41, 5.74) is 1.91. The van der Waals surface area contributed by atoms with Crippen molar-refractivity contribution in [2.24, 2.45) is 17.8 Å². The van der Waals surface area contributed by atoms with E-state index in [4.69, 9.17) is 14.2 Å². The second-order valence-electron chi connectivity index (χ2n) is 9.60. The number of hydrogen-bond donors (Lipinski definition) is 0. The van der Waals surface area contributed by atoms with Crippen molar-refractivity contribution < 1.29 is 23.8 Å². The van der Waals surface area contributed by atoms with Crippen LogP contribution < -0.4 is 0 Å². The van der Waals surface area contributed by atoms with E-state index in [0.717, 1.165) is 0 Å². The van der Waals surface area contributed by atoms with Gasteiger partial charge in [-0.3, -0.25) is 9.59 Å². The Morgan fingerprint density at radius 1 is 0.625 bits per heavy atom. The Morgan fingerprint density at radius 2 is 1.06 bits per heavy atom. The lowest BCUT2D eigenvalue weighted by Gasteiger charge is -2.37. The predicted octanol–water partition coefficient (Wildman–Crippen LogP) is 5.59. The van der Waals surface area contributed by atoms with Crippen molar-refractivity contribution in [1.29, 1.82) is 0 Å². The van der Waals surface area contributed by atoms with E-state index in [9.17, 15) is 9.59 Å². The third kappa shape index (κ3) is 5.01. The molecule has 5 nitrogen and oxygen atoms in total. The highest BCUT2D eigenvalue weighted by Crippen LogP contribution is 2.38. The van der Waals surface area contributed by atoms with Gasteiger partial charge < -0.3 is 14.2 Å². The SMILES string of the molecule is CC(C)COC(OCC(C)C)(OCC(C)C)c1cccc2c1C(=O)c1ccccc1C2=O. The van der Waals surface area contributed by atoms with Crippen molar-refractivity contribution in [3.63, 3.8) is 0 Å². The summed E-state index contributed by atoms with van der Waals surface area (Å²) in [5.74, 6) is -1.31. The van der Waals surface area contributed by atoms with Crippen molar-refractivity contribution in [3.05, 3.63) is 70.3 Å². The van der Waals surface area contributed by atoms with Gasteiger partial charge in [-0.15, -0.1) is 0 Å². The summed E-state index contributed by atoms with van der Waals surface area (Å²) < 4.78 is 18.9. The highest BCUT2D eigenvalue weighted by Gasteiger charge is 2.43. The van der Waals surface area contributed by atoms with E-state index in [1.165, 1.54) is 0 Å². The number of ether oxygens (including phenoxy) is 3. The molecule has 0 aliphatic heterocycles. The Balaban J connectivity index is 2.19. The van der Waals surface area contributed by atoms with Crippen molar-refractivity contribution in [1.82, 2.24) is 0 Å². The predicted molar refractivity (Wildman–Crippen MR) is 124 cm³/mol. The van der Waals surface area contributed by atoms with Crippen LogP contribution in [0, 0.1) is 17.8 Å². The van der Waals surface area contributed by atoms with Crippen LogP contribution in [0.1, 0.15) is 78.9 Å². The third-order valence-electron chi connectivity index (χ3n) is 5.10. The Kier molecular flexibility index (Phi) is 7.65. The summed E-state index contributed by atoms with van der Waals surface area (Å²) in [7, 11) is 0. The molecule has 0 bridgehead atoms. The highest BCUT2D eigenvalue weighted by molar-refractivity contribution is 6.28. The summed E-state index contributed by atoms with van der Waals surface area (Å²) in [5, 5.41) is 0. The van der Waals surface area contributed by atoms with Crippen LogP contribution >= 0.6 is 0 Å². The van der Waals surface area contributed by atoms with Crippen LogP contribution in [0.2, 0.25) is 0 Å². The first-order valence-electron chi connectivity index (χ1n) is 11.4. The second-order valence-corrected chi connectivity index (χ2v) is 9.60. The van der Waals surface area contributed by atoms with Gasteiger partial charge in [0.05, 0.1) is 25.4 Å². The molecule has 0 spiro atoms. The van der Waals surface area contributed by atoms with Gasteiger partial charge >= 0.3 is 5.97 Å². The van der Waals surface area contributed by atoms with Crippen LogP contribution in [0.5, 0.6) is 0 Å². The van der Waals surface area contributed by atoms with E-state index in [1.807, 2.05) is 41.5 Å². The smallest absolute Gasteiger partial charge is 0.312 e. The lowest BCUT2D eigenvalue weighted by atomic mass is 9.81. The molecule has 32 heavy (non-hydrogen) atoms. The molecule has 3 rings (SSSR count). The minimum absolute atomic E-state index is 0.178. The molecular weight excluding hydrogens is 404 g/mol. The topological polar surface area (TPSA) is 61.8 Å². The van der Waals surface area contributed by atoms with Gasteiger partial charge in [-0.05, 0) is 17.8 Å². The van der Waals surface area contributed by atoms with Crippen molar-refractivity contribution in [2.75, 3.05) is 19.8 Å². The molecule has 0 saturated carbocycles. The lowest BCUT2D eigenvalue weighted by Crippen LogP contribution is -2.42. The van der Waals surface area contributed by atoms with Crippen molar-refractivity contribution in [3.8, 4) is 0 Å². The van der Waals surface area contributed by atoms with Gasteiger partial charge in [0.25, 0.3) is 0 Å². The fourth-order valence-corrected chi connectivity index (χ4v) is 3.59. The standard InChI is InChI=1S/C27H34O5/c1-17(2)14-30-27(31-15-18(3)4,32-16-19(5)6)23-13-9-12-22-24(23)26(29)21-11-8-7-10-20(21)25(22)28/h7-13,17-19H,14-16H2,1-6H3. The van der Waals surface area contributed by atoms with E-state index in [-0.39, 0.29) is 29.3 Å². The maximum Gasteiger partial charge on any atom is 0.312 e. The van der Waals surface area contributed by atoms with Crippen molar-refractivity contribution >= 4 is 11.6 Å². The fourth-order valence-electron chi connectivity index (χ4n) is 3.59. The van der Waals surface area contributed by atoms with E-state index < -0.39 is 5.97 Å². The van der Waals surface area contributed by atoms with Crippen molar-refractivity contribution in [2.45, 2.75) is 47.5 Å². The average molecular weight is 439 g/mol. The number of ketones is 2. The van der Waals surface area contributed by atoms with Crippen LogP contribution in [-0.4, -0.2) is 31.4 Å². The lowest BCUT2D eigenvalue weighted by molar-refractivity contribution is -0.399. The molecular formula is C27H34O5. The van der Waals surface area contributed by atoms with Gasteiger partial charge in [-0.25, -0.2) is 0 Å². The molecule has 0 amide bonds. The first-order valence-corrected chi connectivity index (χ1v) is 11.4. The van der Waals surface area contributed by atoms with Crippen LogP contribution in [0.3, 0.4) is 0 Å². The van der Waals surface area contributed by atoms with E-state index >= 15 is 0 Å². The summed E-state index contributed by atoms with van der Waals surface area (Å²) in [6.07, 6.45) is 0. The van der Waals surface area contributed by atoms with Crippen LogP contribution in [0.15, 0.2) is 42.5 Å². The quantitative estimate of drug-likeness (QED) is 0.386. The highest BCUT2D eigenvalue weighted by atomic mass is 16.9. The Bertz CT molecular complexity index is 942. The first kappa shape index (κ1) is 24.3. The van der Waals surface area contributed by atoms with Gasteiger partial charge in [-0.2, -0.15) is 0 Å². The Hall–Kier alpha value is -2.34. The molecule has 5 heteroatoms. The number of rotatable bonds is 10. The van der Waals surface area contributed by atoms with Gasteiger partial charge in [0.15, 0.2) is 11.6 Å². The van der Waals surface area contributed by atoms with E-state index in [2.05, 4.69) is 0 Å². The molecule has 0 saturated heterocycles. The van der Waals surface area contributed by atoms with E-state index in [1.54, 1.807) is 42.5 Å². The monoisotopic (exact) mass is 438 g/mol. The largest absolute Gasteiger partial charge is 0.323 e. The molecule has 0 radical (unpaired) electrons. The summed E-state index contributed by atoms with van der Waals surface area (Å²) in [6.45, 7) is 13.4. The summed E-state index contributed by atoms with van der Waals surface area (Å²) in [4.78, 5) is 26.9. The second kappa shape index (κ2) is 10.1. The minimum atomic E-state index is -1.58. The fraction of sp³-hybridized carbons (Fsp3) is 0.481. The van der Waals surface area contributed by atoms with Gasteiger partial charge in [-0.1, -0.05) is 84.0 Å². The number of carbonyl (C=O) groups is 2. The van der Waals surface area contributed by atoms with Gasteiger partial charge in [0, 0.05) is 22.3 Å². The minimum Gasteiger partial charge on any atom is -0.323 e. The van der Waals surface area contributed by atoms with Crippen LogP contribution in [0.25, 0.3) is 0 Å². The molecule has 0 N–H and O–H groups in total. The molecule has 172 valence electrons. The summed E-state index contributed by atoms with van der Waals surface area (Å²) in [6, 6.07) is 12.1. The average Bonchev–Trinajstić information content (AvgIpc) is 2.76. The zero-order chi connectivity index (χ0) is 23.5. The van der Waals surface area contributed by atoms with E-state index in [0.29, 0.717) is 47.6 Å². The number of carbonyl (C=O) groups excluding carboxylic acids is 2. The molecule has 0 fully saturated rings. The molecule has 0 atom stereocenters. The number of fused-ring (bicyclic) bond motifs is 2. The Labute approximate surface area is 191 Å². The molecule has 2 aromatic rings. The zero-order valence-electron chi connectivity index (χ0n) is 19.9. The Morgan fingerprint density at radius 3 is 1.53 bits per heavy atom. The first-order chi connectivity index (χ1) is 15.2. The molecule has 0 aromatic heterocycles.